The number of nitrogens with zero attached hydrogens (tertiary/aromatic N) is 2. The molecule has 1 aliphatic heterocycles. The predicted molar refractivity (Wildman–Crippen MR) is 65.4 cm³/mol. The van der Waals surface area contributed by atoms with Crippen molar-refractivity contribution in [3.63, 3.8) is 0 Å². The van der Waals surface area contributed by atoms with Crippen LogP contribution in [0.4, 0.5) is 11.5 Å². The molecule has 0 unspecified atom stereocenters. The van der Waals surface area contributed by atoms with Crippen LogP contribution >= 0.6 is 0 Å². The molecule has 0 amide bonds. The predicted octanol–water partition coefficient (Wildman–Crippen LogP) is 1.31. The van der Waals surface area contributed by atoms with Crippen LogP contribution in [0.15, 0.2) is 18.3 Å². The Morgan fingerprint density at radius 1 is 1.41 bits per heavy atom. The Morgan fingerprint density at radius 3 is 2.65 bits per heavy atom. The Bertz CT molecular complexity index is 425. The topological polar surface area (TPSA) is 85.1 Å². The van der Waals surface area contributed by atoms with Crippen LogP contribution in [0.3, 0.4) is 0 Å². The van der Waals surface area contributed by atoms with Gasteiger partial charge in [-0.15, -0.1) is 0 Å². The molecule has 0 atom stereocenters. The third-order valence-electron chi connectivity index (χ3n) is 2.69. The maximum atomic E-state index is 11.2. The van der Waals surface area contributed by atoms with Gasteiger partial charge in [0.2, 0.25) is 0 Å². The van der Waals surface area contributed by atoms with E-state index >= 15 is 0 Å². The van der Waals surface area contributed by atoms with Crippen molar-refractivity contribution in [1.82, 2.24) is 4.98 Å². The Balaban J connectivity index is 1.95. The van der Waals surface area contributed by atoms with E-state index in [-0.39, 0.29) is 11.9 Å². The van der Waals surface area contributed by atoms with Crippen molar-refractivity contribution in [3.05, 3.63) is 28.4 Å². The van der Waals surface area contributed by atoms with Crippen molar-refractivity contribution >= 4 is 22.3 Å². The number of anilines is 1. The van der Waals surface area contributed by atoms with E-state index in [0.29, 0.717) is 0 Å². The summed E-state index contributed by atoms with van der Waals surface area (Å²) in [7, 11) is -0.674. The van der Waals surface area contributed by atoms with Gasteiger partial charge in [-0.2, -0.15) is 0 Å². The molecule has 0 bridgehead atoms. The second-order valence-corrected chi connectivity index (χ2v) is 5.63. The molecule has 7 heteroatoms. The molecule has 1 aromatic rings. The van der Waals surface area contributed by atoms with Crippen molar-refractivity contribution in [2.75, 3.05) is 16.8 Å². The van der Waals surface area contributed by atoms with E-state index in [0.717, 1.165) is 30.0 Å². The molecule has 0 aromatic carbocycles. The fourth-order valence-corrected chi connectivity index (χ4v) is 3.05. The normalized spacial score (nSPS) is 24.2. The maximum Gasteiger partial charge on any atom is 0.363 e. The number of rotatable bonds is 3. The Hall–Kier alpha value is -1.50. The van der Waals surface area contributed by atoms with Gasteiger partial charge in [-0.3, -0.25) is 4.21 Å². The molecule has 6 nitrogen and oxygen atoms in total. The zero-order valence-electron chi connectivity index (χ0n) is 9.17. The van der Waals surface area contributed by atoms with Crippen LogP contribution in [-0.4, -0.2) is 31.7 Å². The standard InChI is InChI=1S/C10H13N3O3S/c14-13(15)10-2-1-9(7-11-10)12-8-3-5-17(16)6-4-8/h1-2,7-8,12H,3-6H2. The second kappa shape index (κ2) is 5.22. The van der Waals surface area contributed by atoms with Gasteiger partial charge >= 0.3 is 5.82 Å². The van der Waals surface area contributed by atoms with Crippen molar-refractivity contribution in [2.24, 2.45) is 0 Å². The fourth-order valence-electron chi connectivity index (χ4n) is 1.75. The van der Waals surface area contributed by atoms with Gasteiger partial charge in [-0.25, -0.2) is 0 Å². The lowest BCUT2D eigenvalue weighted by Gasteiger charge is -2.22. The van der Waals surface area contributed by atoms with Crippen LogP contribution in [0.5, 0.6) is 0 Å². The van der Waals surface area contributed by atoms with Gasteiger partial charge in [0.05, 0.1) is 5.69 Å². The lowest BCUT2D eigenvalue weighted by Crippen LogP contribution is -2.29. The minimum Gasteiger partial charge on any atom is -0.379 e. The largest absolute Gasteiger partial charge is 0.379 e. The summed E-state index contributed by atoms with van der Waals surface area (Å²) in [5.74, 6) is 1.29. The lowest BCUT2D eigenvalue weighted by atomic mass is 10.1. The third-order valence-corrected chi connectivity index (χ3v) is 4.08. The molecule has 1 aromatic heterocycles. The summed E-state index contributed by atoms with van der Waals surface area (Å²) in [4.78, 5) is 13.6. The number of hydrogen-bond acceptors (Lipinski definition) is 5. The van der Waals surface area contributed by atoms with E-state index in [1.165, 1.54) is 12.3 Å². The summed E-state index contributed by atoms with van der Waals surface area (Å²) in [5.41, 5.74) is 0.772. The minimum atomic E-state index is -0.674. The molecule has 1 fully saturated rings. The maximum absolute atomic E-state index is 11.2. The summed E-state index contributed by atoms with van der Waals surface area (Å²) in [6.45, 7) is 0. The van der Waals surface area contributed by atoms with Crippen LogP contribution in [-0.2, 0) is 10.8 Å². The van der Waals surface area contributed by atoms with Crippen molar-refractivity contribution < 1.29 is 9.13 Å². The molecule has 0 aliphatic carbocycles. The van der Waals surface area contributed by atoms with Crippen LogP contribution < -0.4 is 5.32 Å². The molecule has 92 valence electrons. The van der Waals surface area contributed by atoms with Crippen molar-refractivity contribution in [2.45, 2.75) is 18.9 Å². The fraction of sp³-hybridized carbons (Fsp3) is 0.500. The molecule has 2 heterocycles. The van der Waals surface area contributed by atoms with E-state index in [4.69, 9.17) is 0 Å². The Kier molecular flexibility index (Phi) is 3.68. The van der Waals surface area contributed by atoms with E-state index in [9.17, 15) is 14.3 Å². The molecule has 2 rings (SSSR count). The number of nitro groups is 1. The Labute approximate surface area is 101 Å². The molecule has 0 saturated carbocycles. The summed E-state index contributed by atoms with van der Waals surface area (Å²) >= 11 is 0. The summed E-state index contributed by atoms with van der Waals surface area (Å²) < 4.78 is 11.2. The summed E-state index contributed by atoms with van der Waals surface area (Å²) in [6.07, 6.45) is 3.19. The van der Waals surface area contributed by atoms with Crippen molar-refractivity contribution in [3.8, 4) is 0 Å². The Morgan fingerprint density at radius 2 is 2.12 bits per heavy atom. The van der Waals surface area contributed by atoms with Gasteiger partial charge in [-0.05, 0) is 28.8 Å². The molecule has 1 N–H and O–H groups in total. The second-order valence-electron chi connectivity index (χ2n) is 3.93. The summed E-state index contributed by atoms with van der Waals surface area (Å²) in [6, 6.07) is 3.32. The van der Waals surface area contributed by atoms with Gasteiger partial charge in [0.1, 0.15) is 0 Å². The van der Waals surface area contributed by atoms with Gasteiger partial charge in [0.25, 0.3) is 0 Å². The van der Waals surface area contributed by atoms with E-state index in [1.807, 2.05) is 0 Å². The highest BCUT2D eigenvalue weighted by Gasteiger charge is 2.18. The minimum absolute atomic E-state index is 0.153. The number of hydrogen-bond donors (Lipinski definition) is 1. The van der Waals surface area contributed by atoms with E-state index < -0.39 is 15.7 Å². The van der Waals surface area contributed by atoms with Gasteiger partial charge in [-0.1, -0.05) is 0 Å². The SMILES string of the molecule is O=[N+]([O-])c1ccc(NC2CCS(=O)CC2)cn1. The zero-order valence-corrected chi connectivity index (χ0v) is 9.98. The highest BCUT2D eigenvalue weighted by Crippen LogP contribution is 2.17. The quantitative estimate of drug-likeness (QED) is 0.650. The molecular weight excluding hydrogens is 242 g/mol. The molecule has 17 heavy (non-hydrogen) atoms. The monoisotopic (exact) mass is 255 g/mol. The average Bonchev–Trinajstić information content (AvgIpc) is 2.33. The number of aromatic nitrogens is 1. The third kappa shape index (κ3) is 3.23. The number of nitrogens with one attached hydrogen (secondary N) is 1. The molecular formula is C10H13N3O3S. The van der Waals surface area contributed by atoms with Crippen LogP contribution in [0.1, 0.15) is 12.8 Å². The van der Waals surface area contributed by atoms with Gasteiger partial charge < -0.3 is 15.4 Å². The molecule has 1 aliphatic rings. The highest BCUT2D eigenvalue weighted by atomic mass is 32.2. The number of pyridine rings is 1. The molecule has 1 saturated heterocycles. The lowest BCUT2D eigenvalue weighted by molar-refractivity contribution is -0.389. The first kappa shape index (κ1) is 12.0. The van der Waals surface area contributed by atoms with Crippen molar-refractivity contribution in [1.29, 1.82) is 0 Å². The first-order chi connectivity index (χ1) is 8.15. The first-order valence-corrected chi connectivity index (χ1v) is 6.86. The highest BCUT2D eigenvalue weighted by molar-refractivity contribution is 7.85. The molecule has 0 spiro atoms. The summed E-state index contributed by atoms with van der Waals surface area (Å²) in [5, 5.41) is 13.7. The van der Waals surface area contributed by atoms with E-state index in [1.54, 1.807) is 6.07 Å². The molecule has 0 radical (unpaired) electrons. The first-order valence-electron chi connectivity index (χ1n) is 5.37. The zero-order chi connectivity index (χ0) is 12.3. The van der Waals surface area contributed by atoms with Crippen LogP contribution in [0.2, 0.25) is 0 Å². The van der Waals surface area contributed by atoms with Gasteiger partial charge in [0, 0.05) is 34.4 Å². The van der Waals surface area contributed by atoms with Crippen LogP contribution in [0, 0.1) is 10.1 Å². The van der Waals surface area contributed by atoms with E-state index in [2.05, 4.69) is 10.3 Å². The van der Waals surface area contributed by atoms with Gasteiger partial charge in [0.15, 0.2) is 6.20 Å². The van der Waals surface area contributed by atoms with Crippen LogP contribution in [0.25, 0.3) is 0 Å². The average molecular weight is 255 g/mol. The smallest absolute Gasteiger partial charge is 0.363 e.